The number of amides is 1. The Morgan fingerprint density at radius 2 is 1.77 bits per heavy atom. The third-order valence-electron chi connectivity index (χ3n) is 5.93. The summed E-state index contributed by atoms with van der Waals surface area (Å²) in [6.45, 7) is 10.2. The highest BCUT2D eigenvalue weighted by molar-refractivity contribution is 7.89. The predicted molar refractivity (Wildman–Crippen MR) is 117 cm³/mol. The molecule has 1 N–H and O–H groups in total. The van der Waals surface area contributed by atoms with Gasteiger partial charge in [0, 0.05) is 25.0 Å². The van der Waals surface area contributed by atoms with E-state index in [2.05, 4.69) is 10.4 Å². The molecule has 8 heteroatoms. The molecule has 1 aromatic carbocycles. The maximum atomic E-state index is 13.4. The van der Waals surface area contributed by atoms with E-state index in [1.54, 1.807) is 18.5 Å². The number of nitrogens with one attached hydrogen (secondary N) is 1. The summed E-state index contributed by atoms with van der Waals surface area (Å²) in [5.74, 6) is -0.108. The van der Waals surface area contributed by atoms with E-state index >= 15 is 0 Å². The van der Waals surface area contributed by atoms with E-state index < -0.39 is 10.0 Å². The van der Waals surface area contributed by atoms with E-state index in [9.17, 15) is 13.2 Å². The summed E-state index contributed by atoms with van der Waals surface area (Å²) in [6.07, 6.45) is 1.94. The molecular weight excluding hydrogens is 400 g/mol. The highest BCUT2D eigenvalue weighted by Crippen LogP contribution is 2.29. The van der Waals surface area contributed by atoms with Gasteiger partial charge in [-0.2, -0.15) is 9.40 Å². The fraction of sp³-hybridized carbons (Fsp3) is 0.545. The Morgan fingerprint density at radius 1 is 1.17 bits per heavy atom. The quantitative estimate of drug-likeness (QED) is 0.760. The summed E-state index contributed by atoms with van der Waals surface area (Å²) in [5, 5.41) is 7.51. The second-order valence-electron chi connectivity index (χ2n) is 8.24. The summed E-state index contributed by atoms with van der Waals surface area (Å²) in [4.78, 5) is 12.7. The van der Waals surface area contributed by atoms with Crippen molar-refractivity contribution in [3.63, 3.8) is 0 Å². The molecule has 1 saturated heterocycles. The first-order chi connectivity index (χ1) is 14.1. The molecule has 0 unspecified atom stereocenters. The van der Waals surface area contributed by atoms with Crippen molar-refractivity contribution in [3.8, 4) is 5.69 Å². The van der Waals surface area contributed by atoms with Gasteiger partial charge in [-0.15, -0.1) is 0 Å². The Hall–Kier alpha value is -2.19. The number of rotatable bonds is 6. The average Bonchev–Trinajstić information content (AvgIpc) is 3.03. The zero-order chi connectivity index (χ0) is 22.1. The van der Waals surface area contributed by atoms with Gasteiger partial charge < -0.3 is 5.32 Å². The van der Waals surface area contributed by atoms with Gasteiger partial charge in [0.15, 0.2) is 0 Å². The van der Waals surface area contributed by atoms with Crippen molar-refractivity contribution >= 4 is 15.9 Å². The number of hydrogen-bond acceptors (Lipinski definition) is 4. The minimum Gasteiger partial charge on any atom is -0.353 e. The Morgan fingerprint density at radius 3 is 2.33 bits per heavy atom. The third kappa shape index (κ3) is 4.44. The number of benzene rings is 1. The Bertz CT molecular complexity index is 1000. The van der Waals surface area contributed by atoms with Crippen LogP contribution in [-0.2, 0) is 14.8 Å². The molecule has 1 aliphatic heterocycles. The number of nitrogens with zero attached hydrogens (tertiary/aromatic N) is 3. The molecule has 164 valence electrons. The molecule has 1 aromatic heterocycles. The summed E-state index contributed by atoms with van der Waals surface area (Å²) in [6, 6.07) is 7.97. The molecule has 30 heavy (non-hydrogen) atoms. The molecule has 1 atom stereocenters. The van der Waals surface area contributed by atoms with Crippen molar-refractivity contribution < 1.29 is 13.2 Å². The van der Waals surface area contributed by atoms with E-state index in [1.165, 1.54) is 4.31 Å². The molecule has 1 amide bonds. The highest BCUT2D eigenvalue weighted by Gasteiger charge is 2.35. The fourth-order valence-electron chi connectivity index (χ4n) is 3.89. The van der Waals surface area contributed by atoms with Crippen LogP contribution in [0.15, 0.2) is 29.2 Å². The Balaban J connectivity index is 1.78. The first-order valence-corrected chi connectivity index (χ1v) is 12.0. The second kappa shape index (κ2) is 8.89. The first kappa shape index (κ1) is 22.5. The van der Waals surface area contributed by atoms with E-state index in [1.807, 2.05) is 45.0 Å². The van der Waals surface area contributed by atoms with Crippen LogP contribution in [0.3, 0.4) is 0 Å². The van der Waals surface area contributed by atoms with Crippen molar-refractivity contribution in [1.82, 2.24) is 19.4 Å². The van der Waals surface area contributed by atoms with Gasteiger partial charge in [-0.05, 0) is 59.1 Å². The molecule has 0 aliphatic carbocycles. The van der Waals surface area contributed by atoms with Crippen LogP contribution in [0.1, 0.15) is 50.1 Å². The topological polar surface area (TPSA) is 84.3 Å². The molecule has 1 aliphatic rings. The zero-order valence-corrected chi connectivity index (χ0v) is 19.3. The lowest BCUT2D eigenvalue weighted by Gasteiger charge is -2.31. The number of aryl methyl sites for hydroxylation is 2. The van der Waals surface area contributed by atoms with Crippen LogP contribution >= 0.6 is 0 Å². The van der Waals surface area contributed by atoms with Crippen LogP contribution in [0, 0.1) is 26.7 Å². The van der Waals surface area contributed by atoms with Crippen LogP contribution in [-0.4, -0.2) is 47.5 Å². The van der Waals surface area contributed by atoms with Gasteiger partial charge in [0.2, 0.25) is 15.9 Å². The SMILES string of the molecule is CC[C@H](C)NC(=O)C1CCN(S(=O)(=O)c2c(C)nn(-c3ccc(C)cc3)c2C)CC1. The van der Waals surface area contributed by atoms with Gasteiger partial charge in [0.25, 0.3) is 0 Å². The van der Waals surface area contributed by atoms with Gasteiger partial charge in [-0.1, -0.05) is 24.6 Å². The molecule has 2 heterocycles. The predicted octanol–water partition coefficient (Wildman–Crippen LogP) is 3.11. The van der Waals surface area contributed by atoms with Crippen molar-refractivity contribution in [2.75, 3.05) is 13.1 Å². The molecule has 2 aromatic rings. The third-order valence-corrected chi connectivity index (χ3v) is 8.08. The minimum absolute atomic E-state index is 0.0287. The lowest BCUT2D eigenvalue weighted by atomic mass is 9.97. The molecule has 1 fully saturated rings. The molecule has 3 rings (SSSR count). The number of aromatic nitrogens is 2. The van der Waals surface area contributed by atoms with Crippen LogP contribution in [0.2, 0.25) is 0 Å². The van der Waals surface area contributed by atoms with E-state index in [0.717, 1.165) is 17.7 Å². The largest absolute Gasteiger partial charge is 0.353 e. The lowest BCUT2D eigenvalue weighted by molar-refractivity contribution is -0.126. The van der Waals surface area contributed by atoms with Crippen LogP contribution < -0.4 is 5.32 Å². The van der Waals surface area contributed by atoms with Gasteiger partial charge in [-0.3, -0.25) is 4.79 Å². The number of piperidine rings is 1. The van der Waals surface area contributed by atoms with E-state index in [0.29, 0.717) is 37.3 Å². The second-order valence-corrected chi connectivity index (χ2v) is 10.1. The van der Waals surface area contributed by atoms with Gasteiger partial charge in [-0.25, -0.2) is 13.1 Å². The zero-order valence-electron chi connectivity index (χ0n) is 18.5. The van der Waals surface area contributed by atoms with Crippen LogP contribution in [0.5, 0.6) is 0 Å². The number of carbonyl (C=O) groups excluding carboxylic acids is 1. The van der Waals surface area contributed by atoms with Gasteiger partial charge >= 0.3 is 0 Å². The molecule has 0 saturated carbocycles. The number of carbonyl (C=O) groups is 1. The first-order valence-electron chi connectivity index (χ1n) is 10.6. The van der Waals surface area contributed by atoms with Crippen molar-refractivity contribution in [2.45, 2.75) is 64.8 Å². The van der Waals surface area contributed by atoms with Crippen molar-refractivity contribution in [3.05, 3.63) is 41.2 Å². The standard InChI is InChI=1S/C22H32N4O3S/c1-6-16(3)23-22(27)19-11-13-25(14-12-19)30(28,29)21-17(4)24-26(18(21)5)20-9-7-15(2)8-10-20/h7-10,16,19H,6,11-14H2,1-5H3,(H,23,27)/t16-/m0/s1. The molecule has 0 bridgehead atoms. The van der Waals surface area contributed by atoms with Gasteiger partial charge in [0.05, 0.1) is 17.1 Å². The number of sulfonamides is 1. The van der Waals surface area contributed by atoms with Crippen molar-refractivity contribution in [1.29, 1.82) is 0 Å². The maximum Gasteiger partial charge on any atom is 0.246 e. The smallest absolute Gasteiger partial charge is 0.246 e. The van der Waals surface area contributed by atoms with Gasteiger partial charge in [0.1, 0.15) is 4.90 Å². The summed E-state index contributed by atoms with van der Waals surface area (Å²) >= 11 is 0. The molecule has 7 nitrogen and oxygen atoms in total. The number of hydrogen-bond donors (Lipinski definition) is 1. The van der Waals surface area contributed by atoms with Crippen molar-refractivity contribution in [2.24, 2.45) is 5.92 Å². The normalized spacial score (nSPS) is 17.1. The van der Waals surface area contributed by atoms with E-state index in [-0.39, 0.29) is 22.8 Å². The summed E-state index contributed by atoms with van der Waals surface area (Å²) in [7, 11) is -3.68. The monoisotopic (exact) mass is 432 g/mol. The Kier molecular flexibility index (Phi) is 6.67. The maximum absolute atomic E-state index is 13.4. The highest BCUT2D eigenvalue weighted by atomic mass is 32.2. The molecular formula is C22H32N4O3S. The fourth-order valence-corrected chi connectivity index (χ4v) is 5.71. The molecule has 0 radical (unpaired) electrons. The van der Waals surface area contributed by atoms with Crippen LogP contribution in [0.25, 0.3) is 5.69 Å². The minimum atomic E-state index is -3.68. The average molecular weight is 433 g/mol. The lowest BCUT2D eigenvalue weighted by Crippen LogP contribution is -2.44. The molecule has 0 spiro atoms. The summed E-state index contributed by atoms with van der Waals surface area (Å²) < 4.78 is 30.0. The summed E-state index contributed by atoms with van der Waals surface area (Å²) in [5.41, 5.74) is 3.06. The Labute approximate surface area is 179 Å². The van der Waals surface area contributed by atoms with E-state index in [4.69, 9.17) is 0 Å². The van der Waals surface area contributed by atoms with Crippen LogP contribution in [0.4, 0.5) is 0 Å².